The molecule has 0 saturated heterocycles. The van der Waals surface area contributed by atoms with Crippen molar-refractivity contribution in [1.82, 2.24) is 9.55 Å². The van der Waals surface area contributed by atoms with Crippen molar-refractivity contribution in [3.8, 4) is 11.4 Å². The predicted molar refractivity (Wildman–Crippen MR) is 84.9 cm³/mol. The highest BCUT2D eigenvalue weighted by Crippen LogP contribution is 2.31. The molecular formula is C13H9Cl2F3N2O4S. The van der Waals surface area contributed by atoms with Crippen LogP contribution in [0.1, 0.15) is 11.3 Å². The standard InChI is InChI=1S/C13H9Cl2F3N2O4S/c1-6-5-19-10(14)4-8(6)20-7(2)3-9(11(15)12(20)21)24-25(22,23)13(16,17)18/h3-5H,1-2H3. The van der Waals surface area contributed by atoms with E-state index in [0.29, 0.717) is 5.56 Å². The van der Waals surface area contributed by atoms with E-state index in [1.165, 1.54) is 19.2 Å². The molecule has 0 aliphatic rings. The van der Waals surface area contributed by atoms with Crippen LogP contribution in [0, 0.1) is 13.8 Å². The third-order valence-corrected chi connectivity index (χ3v) is 4.59. The summed E-state index contributed by atoms with van der Waals surface area (Å²) in [6, 6.07) is 2.26. The van der Waals surface area contributed by atoms with Gasteiger partial charge in [-0.25, -0.2) is 4.98 Å². The molecule has 0 unspecified atom stereocenters. The molecule has 0 fully saturated rings. The van der Waals surface area contributed by atoms with Gasteiger partial charge < -0.3 is 4.18 Å². The molecule has 0 amide bonds. The molecule has 0 N–H and O–H groups in total. The first-order valence-corrected chi connectivity index (χ1v) is 8.57. The van der Waals surface area contributed by atoms with Crippen molar-refractivity contribution >= 4 is 33.3 Å². The lowest BCUT2D eigenvalue weighted by molar-refractivity contribution is -0.0500. The highest BCUT2D eigenvalue weighted by Gasteiger charge is 2.49. The highest BCUT2D eigenvalue weighted by molar-refractivity contribution is 7.88. The van der Waals surface area contributed by atoms with Gasteiger partial charge in [0.1, 0.15) is 10.2 Å². The lowest BCUT2D eigenvalue weighted by Crippen LogP contribution is -2.29. The molecular weight excluding hydrogens is 408 g/mol. The molecule has 0 spiro atoms. The molecule has 2 aromatic rings. The third-order valence-electron chi connectivity index (χ3n) is 3.07. The average molecular weight is 417 g/mol. The van der Waals surface area contributed by atoms with Gasteiger partial charge in [0, 0.05) is 18.0 Å². The lowest BCUT2D eigenvalue weighted by atomic mass is 10.2. The first kappa shape index (κ1) is 19.5. The van der Waals surface area contributed by atoms with Crippen molar-refractivity contribution in [3.63, 3.8) is 0 Å². The van der Waals surface area contributed by atoms with Crippen molar-refractivity contribution in [2.45, 2.75) is 19.4 Å². The maximum atomic E-state index is 12.4. The molecule has 0 aromatic carbocycles. The lowest BCUT2D eigenvalue weighted by Gasteiger charge is -2.16. The zero-order chi connectivity index (χ0) is 19.2. The second-order valence-corrected chi connectivity index (χ2v) is 7.18. The first-order chi connectivity index (χ1) is 11.3. The third kappa shape index (κ3) is 3.75. The van der Waals surface area contributed by atoms with E-state index in [1.54, 1.807) is 6.92 Å². The highest BCUT2D eigenvalue weighted by atomic mass is 35.5. The number of nitrogens with zero attached hydrogens (tertiary/aromatic N) is 2. The minimum Gasteiger partial charge on any atom is -0.374 e. The quantitative estimate of drug-likeness (QED) is 0.435. The van der Waals surface area contributed by atoms with E-state index in [9.17, 15) is 26.4 Å². The Hall–Kier alpha value is -1.78. The van der Waals surface area contributed by atoms with Crippen LogP contribution in [0.5, 0.6) is 5.75 Å². The van der Waals surface area contributed by atoms with Crippen LogP contribution in [0.2, 0.25) is 10.2 Å². The predicted octanol–water partition coefficient (Wildman–Crippen LogP) is 3.38. The van der Waals surface area contributed by atoms with E-state index in [1.807, 2.05) is 0 Å². The van der Waals surface area contributed by atoms with Gasteiger partial charge in [-0.2, -0.15) is 21.6 Å². The Labute approximate surface area is 149 Å². The van der Waals surface area contributed by atoms with E-state index in [4.69, 9.17) is 23.2 Å². The number of hydrogen-bond donors (Lipinski definition) is 0. The van der Waals surface area contributed by atoms with Gasteiger partial charge in [0.15, 0.2) is 5.75 Å². The second kappa shape index (κ2) is 6.50. The van der Waals surface area contributed by atoms with Gasteiger partial charge in [-0.3, -0.25) is 9.36 Å². The Morgan fingerprint density at radius 1 is 1.20 bits per heavy atom. The number of halogens is 5. The normalized spacial score (nSPS) is 12.3. The van der Waals surface area contributed by atoms with E-state index >= 15 is 0 Å². The van der Waals surface area contributed by atoms with Crippen molar-refractivity contribution in [1.29, 1.82) is 0 Å². The number of pyridine rings is 2. The van der Waals surface area contributed by atoms with Crippen molar-refractivity contribution in [3.05, 3.63) is 50.1 Å². The van der Waals surface area contributed by atoms with Crippen LogP contribution >= 0.6 is 23.2 Å². The molecule has 0 atom stereocenters. The smallest absolute Gasteiger partial charge is 0.374 e. The molecule has 136 valence electrons. The first-order valence-electron chi connectivity index (χ1n) is 6.40. The maximum absolute atomic E-state index is 12.4. The van der Waals surface area contributed by atoms with Gasteiger partial charge in [0.2, 0.25) is 0 Å². The number of alkyl halides is 3. The molecule has 12 heteroatoms. The number of rotatable bonds is 3. The largest absolute Gasteiger partial charge is 0.534 e. The molecule has 2 rings (SSSR count). The monoisotopic (exact) mass is 416 g/mol. The van der Waals surface area contributed by atoms with Gasteiger partial charge in [-0.1, -0.05) is 23.2 Å². The van der Waals surface area contributed by atoms with E-state index in [2.05, 4.69) is 9.17 Å². The van der Waals surface area contributed by atoms with Crippen molar-refractivity contribution < 1.29 is 25.8 Å². The summed E-state index contributed by atoms with van der Waals surface area (Å²) in [7, 11) is -5.96. The fraction of sp³-hybridized carbons (Fsp3) is 0.231. The Morgan fingerprint density at radius 2 is 1.80 bits per heavy atom. The molecule has 2 heterocycles. The Bertz CT molecular complexity index is 1000. The fourth-order valence-corrected chi connectivity index (χ4v) is 2.77. The van der Waals surface area contributed by atoms with Crippen LogP contribution in [0.15, 0.2) is 23.1 Å². The molecule has 0 radical (unpaired) electrons. The second-order valence-electron chi connectivity index (χ2n) is 4.88. The molecule has 0 bridgehead atoms. The summed E-state index contributed by atoms with van der Waals surface area (Å²) in [6.45, 7) is 2.98. The van der Waals surface area contributed by atoms with Gasteiger partial charge >= 0.3 is 15.6 Å². The van der Waals surface area contributed by atoms with Crippen molar-refractivity contribution in [2.75, 3.05) is 0 Å². The Morgan fingerprint density at radius 3 is 2.36 bits per heavy atom. The van der Waals surface area contributed by atoms with Gasteiger partial charge in [0.25, 0.3) is 5.56 Å². The zero-order valence-corrected chi connectivity index (χ0v) is 14.9. The average Bonchev–Trinajstić information content (AvgIpc) is 2.46. The summed E-state index contributed by atoms with van der Waals surface area (Å²) in [4.78, 5) is 16.2. The molecule has 0 aliphatic heterocycles. The SMILES string of the molecule is Cc1cnc(Cl)cc1-n1c(C)cc(OS(=O)(=O)C(F)(F)F)c(Cl)c1=O. The summed E-state index contributed by atoms with van der Waals surface area (Å²) in [5, 5.41) is -0.756. The van der Waals surface area contributed by atoms with Crippen LogP contribution in [0.3, 0.4) is 0 Å². The summed E-state index contributed by atoms with van der Waals surface area (Å²) in [6.07, 6.45) is 1.38. The maximum Gasteiger partial charge on any atom is 0.534 e. The Kier molecular flexibility index (Phi) is 5.08. The van der Waals surface area contributed by atoms with Crippen LogP contribution < -0.4 is 9.74 Å². The van der Waals surface area contributed by atoms with Crippen LogP contribution in [0.4, 0.5) is 13.2 Å². The van der Waals surface area contributed by atoms with Crippen molar-refractivity contribution in [2.24, 2.45) is 0 Å². The summed E-state index contributed by atoms with van der Waals surface area (Å²) in [5.74, 6) is -0.921. The minimum atomic E-state index is -5.96. The van der Waals surface area contributed by atoms with E-state index < -0.39 is 32.0 Å². The van der Waals surface area contributed by atoms with Crippen LogP contribution in [0.25, 0.3) is 5.69 Å². The van der Waals surface area contributed by atoms with Crippen LogP contribution in [-0.2, 0) is 10.1 Å². The summed E-state index contributed by atoms with van der Waals surface area (Å²) >= 11 is 11.5. The number of aromatic nitrogens is 2. The Balaban J connectivity index is 2.66. The van der Waals surface area contributed by atoms with Gasteiger partial charge in [0.05, 0.1) is 5.69 Å². The van der Waals surface area contributed by atoms with Gasteiger partial charge in [-0.05, 0) is 25.5 Å². The van der Waals surface area contributed by atoms with Crippen LogP contribution in [-0.4, -0.2) is 23.5 Å². The van der Waals surface area contributed by atoms with Gasteiger partial charge in [-0.15, -0.1) is 0 Å². The summed E-state index contributed by atoms with van der Waals surface area (Å²) < 4.78 is 64.5. The molecule has 0 saturated carbocycles. The molecule has 6 nitrogen and oxygen atoms in total. The zero-order valence-electron chi connectivity index (χ0n) is 12.6. The summed E-state index contributed by atoms with van der Waals surface area (Å²) in [5.41, 5.74) is -5.74. The van der Waals surface area contributed by atoms with E-state index in [-0.39, 0.29) is 16.5 Å². The fourth-order valence-electron chi connectivity index (χ4n) is 1.94. The molecule has 25 heavy (non-hydrogen) atoms. The topological polar surface area (TPSA) is 78.3 Å². The number of hydrogen-bond acceptors (Lipinski definition) is 5. The number of aryl methyl sites for hydroxylation is 2. The van der Waals surface area contributed by atoms with E-state index in [0.717, 1.165) is 10.6 Å². The molecule has 0 aliphatic carbocycles. The minimum absolute atomic E-state index is 0.0722. The molecule has 2 aromatic heterocycles.